The molecule has 2 amide bonds. The number of carbonyl (C=O) groups is 4. The Morgan fingerprint density at radius 1 is 0.667 bits per heavy atom. The smallest absolute Gasteiger partial charge is 0.251 e. The predicted octanol–water partition coefficient (Wildman–Crippen LogP) is 11.1. The maximum Gasteiger partial charge on any atom is 0.251 e. The highest BCUT2D eigenvalue weighted by Gasteiger charge is 2.59. The molecule has 2 saturated heterocycles. The van der Waals surface area contributed by atoms with E-state index in [9.17, 15) is 29.4 Å². The molecule has 6 N–H and O–H groups in total. The van der Waals surface area contributed by atoms with Gasteiger partial charge in [-0.2, -0.15) is 10.1 Å². The van der Waals surface area contributed by atoms with Crippen LogP contribution < -0.4 is 40.5 Å². The fourth-order valence-corrected chi connectivity index (χ4v) is 17.7. The van der Waals surface area contributed by atoms with Crippen LogP contribution in [0, 0.1) is 70.0 Å². The van der Waals surface area contributed by atoms with Crippen molar-refractivity contribution in [1.29, 1.82) is 0 Å². The first-order chi connectivity index (χ1) is 45.6. The van der Waals surface area contributed by atoms with Crippen LogP contribution in [0.25, 0.3) is 22.3 Å². The van der Waals surface area contributed by atoms with Crippen LogP contribution in [0.5, 0.6) is 11.5 Å². The normalized spacial score (nSPS) is 28.5. The number of hydroxylamine groups is 4. The number of benzene rings is 4. The molecule has 8 fully saturated rings. The molecule has 4 aromatic carbocycles. The number of methoxy groups -OCH3 is 2. The molecule has 6 saturated carbocycles. The minimum Gasteiger partial charge on any atom is -0.496 e. The van der Waals surface area contributed by atoms with E-state index in [1.54, 1.807) is 26.3 Å². The van der Waals surface area contributed by atoms with Crippen molar-refractivity contribution in [3.05, 3.63) is 95.1 Å². The van der Waals surface area contributed by atoms with E-state index in [4.69, 9.17) is 19.1 Å². The minimum absolute atomic E-state index is 0.0382. The summed E-state index contributed by atoms with van der Waals surface area (Å²) in [5, 5.41) is 37.9. The Labute approximate surface area is 573 Å². The second kappa shape index (κ2) is 31.1. The molecule has 18 heteroatoms. The number of hydrogen-bond donors (Lipinski definition) is 6. The summed E-state index contributed by atoms with van der Waals surface area (Å²) in [6, 6.07) is 22.5. The maximum atomic E-state index is 14.6. The summed E-state index contributed by atoms with van der Waals surface area (Å²) in [4.78, 5) is 71.4. The van der Waals surface area contributed by atoms with Gasteiger partial charge >= 0.3 is 0 Å². The molecule has 0 aromatic heterocycles. The van der Waals surface area contributed by atoms with Gasteiger partial charge in [-0.25, -0.2) is 0 Å². The molecule has 0 spiro atoms. The topological polar surface area (TPSA) is 207 Å². The number of fused-ring (bicyclic) bond motifs is 4. The van der Waals surface area contributed by atoms with Crippen molar-refractivity contribution in [3.8, 4) is 33.8 Å². The Kier molecular flexibility index (Phi) is 24.0. The average Bonchev–Trinajstić information content (AvgIpc) is 0.926. The van der Waals surface area contributed by atoms with Crippen LogP contribution in [0.3, 0.4) is 0 Å². The van der Waals surface area contributed by atoms with Crippen LogP contribution in [0.1, 0.15) is 153 Å². The summed E-state index contributed by atoms with van der Waals surface area (Å²) in [5.41, 5.74) is 8.86. The molecule has 2 heterocycles. The van der Waals surface area contributed by atoms with E-state index in [0.717, 1.165) is 70.6 Å². The van der Waals surface area contributed by atoms with Crippen LogP contribution in [0.2, 0.25) is 0 Å². The Bertz CT molecular complexity index is 3370. The van der Waals surface area contributed by atoms with E-state index in [1.165, 1.54) is 12.8 Å². The Morgan fingerprint density at radius 2 is 1.17 bits per heavy atom. The summed E-state index contributed by atoms with van der Waals surface area (Å²) in [6.45, 7) is 25.7. The van der Waals surface area contributed by atoms with Gasteiger partial charge in [0.1, 0.15) is 35.8 Å². The zero-order chi connectivity index (χ0) is 70.0. The Hall–Kier alpha value is -5.96. The third kappa shape index (κ3) is 15.1. The van der Waals surface area contributed by atoms with Crippen LogP contribution in [0.4, 0.5) is 11.4 Å². The van der Waals surface area contributed by atoms with Gasteiger partial charge in [0.15, 0.2) is 11.6 Å². The lowest BCUT2D eigenvalue weighted by Gasteiger charge is -2.62. The van der Waals surface area contributed by atoms with Crippen LogP contribution >= 0.6 is 0 Å². The van der Waals surface area contributed by atoms with Gasteiger partial charge in [-0.05, 0) is 165 Å². The van der Waals surface area contributed by atoms with Gasteiger partial charge in [-0.15, -0.1) is 0 Å². The van der Waals surface area contributed by atoms with Crippen molar-refractivity contribution in [2.24, 2.45) is 70.0 Å². The quantitative estimate of drug-likeness (QED) is 0.0307. The number of aliphatic hydroxyl groups is 2. The van der Waals surface area contributed by atoms with E-state index in [0.29, 0.717) is 100 Å². The first-order valence-corrected chi connectivity index (χ1v) is 35.6. The first-order valence-electron chi connectivity index (χ1n) is 35.6. The number of nitrogens with one attached hydrogen (secondary N) is 4. The van der Waals surface area contributed by atoms with Gasteiger partial charge in [-0.3, -0.25) is 28.9 Å². The van der Waals surface area contributed by atoms with Crippen LogP contribution in [-0.4, -0.2) is 162 Å². The number of amides is 2. The third-order valence-electron chi connectivity index (χ3n) is 24.0. The minimum atomic E-state index is -0.627. The molecule has 2 aliphatic heterocycles. The van der Waals surface area contributed by atoms with Crippen LogP contribution in [0.15, 0.2) is 72.8 Å². The summed E-state index contributed by atoms with van der Waals surface area (Å²) in [6.07, 6.45) is 5.53. The van der Waals surface area contributed by atoms with E-state index in [2.05, 4.69) is 96.6 Å². The highest BCUT2D eigenvalue weighted by molar-refractivity contribution is 5.99. The number of aliphatic hydroxyl groups excluding tert-OH is 2. The lowest BCUT2D eigenvalue weighted by atomic mass is 9.43. The molecule has 528 valence electrons. The molecule has 0 radical (unpaired) electrons. The number of hydrogen-bond acceptors (Lipinski definition) is 16. The molecule has 6 aliphatic carbocycles. The number of nitrogens with zero attached hydrogens (tertiary/aromatic N) is 4. The zero-order valence-electron chi connectivity index (χ0n) is 61.2. The average molecular weight is 1330 g/mol. The van der Waals surface area contributed by atoms with Gasteiger partial charge in [-0.1, -0.05) is 98.7 Å². The zero-order valence-corrected chi connectivity index (χ0v) is 61.2. The van der Waals surface area contributed by atoms with Crippen molar-refractivity contribution < 1.29 is 48.5 Å². The number of para-hydroxylation sites is 2. The lowest BCUT2D eigenvalue weighted by Crippen LogP contribution is -2.62. The van der Waals surface area contributed by atoms with Crippen molar-refractivity contribution in [3.63, 3.8) is 0 Å². The molecular formula is C78H116N8O10. The number of anilines is 2. The molecule has 8 aliphatic rings. The van der Waals surface area contributed by atoms with Crippen molar-refractivity contribution in [1.82, 2.24) is 31.4 Å². The molecule has 3 unspecified atom stereocenters. The molecule has 4 aromatic rings. The molecule has 4 bridgehead atoms. The van der Waals surface area contributed by atoms with Gasteiger partial charge in [0.25, 0.3) is 5.91 Å². The largest absolute Gasteiger partial charge is 0.496 e. The van der Waals surface area contributed by atoms with Gasteiger partial charge in [0.2, 0.25) is 5.91 Å². The summed E-state index contributed by atoms with van der Waals surface area (Å²) in [7, 11) is 14.6. The fraction of sp³-hybridized carbons (Fsp3) is 0.641. The second-order valence-corrected chi connectivity index (χ2v) is 31.0. The van der Waals surface area contributed by atoms with E-state index < -0.39 is 24.3 Å². The number of ketones is 2. The lowest BCUT2D eigenvalue weighted by molar-refractivity contribution is -0.183. The maximum absolute atomic E-state index is 14.6. The van der Waals surface area contributed by atoms with Gasteiger partial charge in [0.05, 0.1) is 40.5 Å². The van der Waals surface area contributed by atoms with E-state index in [-0.39, 0.29) is 73.1 Å². The van der Waals surface area contributed by atoms with Gasteiger partial charge in [0, 0.05) is 123 Å². The Balaban J connectivity index is 0.000000226. The van der Waals surface area contributed by atoms with Crippen molar-refractivity contribution >= 4 is 34.8 Å². The van der Waals surface area contributed by atoms with Crippen molar-refractivity contribution in [2.75, 3.05) is 86.1 Å². The van der Waals surface area contributed by atoms with E-state index >= 15 is 0 Å². The monoisotopic (exact) mass is 1320 g/mol. The number of Topliss-reactive ketones (excluding diaryl/α,β-unsaturated/α-hetero) is 2. The molecular weight excluding hydrogens is 1210 g/mol. The Morgan fingerprint density at radius 3 is 1.62 bits per heavy atom. The number of carbonyl (C=O) groups excluding carboxylic acids is 4. The standard InChI is InChI=1S/C40H61N5O5.C38H55N3O5/c1-23(2)14-15-42-25(4)35-34(22-46)50-45(36(35)39(48)43-33-20-29-19-32(24(33)3)40(29,5)6)21-26-12-11-13-31(37(26)49-10)27-16-28(38(47)41-7)18-30(17-27)44(8)9;1-10-32(43)27-14-26(16-29(17-27)40(7)8)30-13-11-12-24(37(30)45-9)20-41-36(35(23(3)39-6)34(21-42)46-41)33(44)18-25-15-28-19-31(22(25)2)38(28,4)5/h11-13,16-18,23-25,29,32-36,42,46H,14-15,19-22H2,1-10H3,(H,41,47)(H,43,48);11-14,16-17,22-23,25,28,31,34-36,39,42H,10,15,18-21H2,1-9H3/t24-,25?,29+,32-,33-,34-,35+,36-;22-,23?,25?,28+,31+,34+,35-,36-/m01/s1. The first kappa shape index (κ1) is 74.3. The summed E-state index contributed by atoms with van der Waals surface area (Å²) < 4.78 is 12.1. The third-order valence-corrected chi connectivity index (χ3v) is 24.0. The highest BCUT2D eigenvalue weighted by atomic mass is 16.7. The number of ether oxygens (including phenoxy) is 2. The number of rotatable bonds is 27. The molecule has 12 rings (SSSR count). The second-order valence-electron chi connectivity index (χ2n) is 31.0. The fourth-order valence-electron chi connectivity index (χ4n) is 17.7. The summed E-state index contributed by atoms with van der Waals surface area (Å²) >= 11 is 0. The SMILES string of the molecule is CCC(=O)c1cc(-c2cccc(CN3O[C@@H](CO)[C@@H](C(C)NC)[C@H]3C(=O)CC3C[C@H]4C[C@@H]([C@@H]3C)C4(C)C)c2OC)cc(N(C)C)c1.CNC(=O)c1cc(-c2cccc(CN3O[C@@H](CO)[C@@H](C(C)NCCC(C)C)[C@H]3C(=O)N[C@H]3C[C@H]4C[C@@H]([C@@H]3C)C4(C)C)c2OC)cc(N(C)C)c1. The summed E-state index contributed by atoms with van der Waals surface area (Å²) in [5.74, 6) is 5.26. The molecule has 96 heavy (non-hydrogen) atoms. The van der Waals surface area contributed by atoms with Crippen LogP contribution in [-0.2, 0) is 32.4 Å². The molecule has 18 nitrogen and oxygen atoms in total. The van der Waals surface area contributed by atoms with Gasteiger partial charge < -0.3 is 50.8 Å². The van der Waals surface area contributed by atoms with E-state index in [1.807, 2.05) is 124 Å². The van der Waals surface area contributed by atoms with Crippen molar-refractivity contribution in [2.45, 2.75) is 177 Å². The molecule has 16 atom stereocenters. The highest BCUT2D eigenvalue weighted by Crippen LogP contribution is 2.64. The predicted molar refractivity (Wildman–Crippen MR) is 382 cm³/mol.